The number of carbonyl (C=O) groups is 1. The van der Waals surface area contributed by atoms with E-state index in [1.807, 2.05) is 30.3 Å². The summed E-state index contributed by atoms with van der Waals surface area (Å²) in [7, 11) is 0. The molecule has 0 saturated carbocycles. The van der Waals surface area contributed by atoms with Crippen LogP contribution in [0.2, 0.25) is 5.02 Å². The molecule has 0 saturated heterocycles. The monoisotopic (exact) mass is 418 g/mol. The maximum atomic E-state index is 13.0. The van der Waals surface area contributed by atoms with E-state index in [1.54, 1.807) is 47.3 Å². The second-order valence-electron chi connectivity index (χ2n) is 6.41. The number of rotatable bonds is 5. The summed E-state index contributed by atoms with van der Waals surface area (Å²) < 4.78 is 1.60. The van der Waals surface area contributed by atoms with Crippen LogP contribution in [0.25, 0.3) is 16.9 Å². The van der Waals surface area contributed by atoms with Crippen LogP contribution in [0.5, 0.6) is 0 Å². The molecule has 148 valence electrons. The quantitative estimate of drug-likeness (QED) is 0.349. The Kier molecular flexibility index (Phi) is 5.28. The van der Waals surface area contributed by atoms with Gasteiger partial charge in [0, 0.05) is 23.9 Å². The van der Waals surface area contributed by atoms with Crippen molar-refractivity contribution in [1.29, 1.82) is 0 Å². The van der Waals surface area contributed by atoms with E-state index in [2.05, 4.69) is 10.4 Å². The van der Waals surface area contributed by atoms with Crippen molar-refractivity contribution >= 4 is 28.9 Å². The fourth-order valence-corrected chi connectivity index (χ4v) is 3.14. The summed E-state index contributed by atoms with van der Waals surface area (Å²) in [6.45, 7) is 0. The highest BCUT2D eigenvalue weighted by atomic mass is 35.5. The molecule has 0 radical (unpaired) electrons. The largest absolute Gasteiger partial charge is 0.321 e. The van der Waals surface area contributed by atoms with Gasteiger partial charge in [-0.1, -0.05) is 41.9 Å². The lowest BCUT2D eigenvalue weighted by Crippen LogP contribution is -2.12. The molecule has 4 rings (SSSR count). The van der Waals surface area contributed by atoms with Gasteiger partial charge in [0.25, 0.3) is 11.6 Å². The summed E-state index contributed by atoms with van der Waals surface area (Å²) in [4.78, 5) is 23.5. The summed E-state index contributed by atoms with van der Waals surface area (Å²) in [6, 6.07) is 22.2. The molecule has 0 unspecified atom stereocenters. The molecule has 0 aliphatic rings. The van der Waals surface area contributed by atoms with Crippen LogP contribution in [0.4, 0.5) is 11.4 Å². The van der Waals surface area contributed by atoms with Gasteiger partial charge >= 0.3 is 0 Å². The number of anilines is 1. The predicted octanol–water partition coefficient (Wildman–Crippen LogP) is 5.35. The van der Waals surface area contributed by atoms with Crippen LogP contribution < -0.4 is 5.32 Å². The van der Waals surface area contributed by atoms with Gasteiger partial charge in [-0.2, -0.15) is 5.10 Å². The van der Waals surface area contributed by atoms with Gasteiger partial charge in [-0.25, -0.2) is 4.68 Å². The summed E-state index contributed by atoms with van der Waals surface area (Å²) in [6.07, 6.45) is 1.62. The molecule has 0 aliphatic heterocycles. The van der Waals surface area contributed by atoms with Crippen LogP contribution in [-0.2, 0) is 0 Å². The summed E-state index contributed by atoms with van der Waals surface area (Å²) in [5.41, 5.74) is 2.51. The van der Waals surface area contributed by atoms with E-state index in [4.69, 9.17) is 11.6 Å². The van der Waals surface area contributed by atoms with E-state index < -0.39 is 10.8 Å². The number of nitrogens with zero attached hydrogens (tertiary/aromatic N) is 3. The molecule has 1 N–H and O–H groups in total. The first-order valence-corrected chi connectivity index (χ1v) is 9.36. The molecule has 30 heavy (non-hydrogen) atoms. The Morgan fingerprint density at radius 1 is 0.967 bits per heavy atom. The van der Waals surface area contributed by atoms with E-state index in [0.29, 0.717) is 27.5 Å². The highest BCUT2D eigenvalue weighted by molar-refractivity contribution is 6.34. The molecule has 0 bridgehead atoms. The number of hydrogen-bond acceptors (Lipinski definition) is 4. The average molecular weight is 419 g/mol. The zero-order valence-electron chi connectivity index (χ0n) is 15.5. The summed E-state index contributed by atoms with van der Waals surface area (Å²) in [5.74, 6) is -0.390. The Morgan fingerprint density at radius 3 is 2.30 bits per heavy atom. The topological polar surface area (TPSA) is 90.1 Å². The van der Waals surface area contributed by atoms with Crippen LogP contribution in [0.15, 0.2) is 85.1 Å². The standard InChI is InChI=1S/C22H15ClN4O3/c23-19-8-4-5-9-20(19)24-22(28)18-14-26(16-6-2-1-3-7-16)25-21(18)15-10-12-17(13-11-15)27(29)30/h1-14H,(H,24,28). The lowest BCUT2D eigenvalue weighted by Gasteiger charge is -2.07. The molecular formula is C22H15ClN4O3. The van der Waals surface area contributed by atoms with Crippen LogP contribution in [0.1, 0.15) is 10.4 Å². The van der Waals surface area contributed by atoms with Crippen molar-refractivity contribution in [1.82, 2.24) is 9.78 Å². The van der Waals surface area contributed by atoms with Crippen LogP contribution >= 0.6 is 11.6 Å². The van der Waals surface area contributed by atoms with Crippen molar-refractivity contribution in [2.75, 3.05) is 5.32 Å². The highest BCUT2D eigenvalue weighted by Crippen LogP contribution is 2.28. The minimum atomic E-state index is -0.475. The lowest BCUT2D eigenvalue weighted by molar-refractivity contribution is -0.384. The van der Waals surface area contributed by atoms with Crippen molar-refractivity contribution in [2.24, 2.45) is 0 Å². The maximum Gasteiger partial charge on any atom is 0.269 e. The molecule has 1 aromatic heterocycles. The molecule has 0 fully saturated rings. The Bertz CT molecular complexity index is 1220. The third kappa shape index (κ3) is 3.92. The van der Waals surface area contributed by atoms with E-state index in [-0.39, 0.29) is 5.69 Å². The molecule has 0 aliphatic carbocycles. The number of aromatic nitrogens is 2. The van der Waals surface area contributed by atoms with E-state index >= 15 is 0 Å². The number of nitrogens with one attached hydrogen (secondary N) is 1. The van der Waals surface area contributed by atoms with Crippen molar-refractivity contribution in [3.8, 4) is 16.9 Å². The molecule has 0 spiro atoms. The predicted molar refractivity (Wildman–Crippen MR) is 115 cm³/mol. The normalized spacial score (nSPS) is 10.6. The van der Waals surface area contributed by atoms with Gasteiger partial charge in [-0.3, -0.25) is 14.9 Å². The van der Waals surface area contributed by atoms with Crippen LogP contribution in [0, 0.1) is 10.1 Å². The highest BCUT2D eigenvalue weighted by Gasteiger charge is 2.20. The second kappa shape index (κ2) is 8.18. The molecule has 3 aromatic carbocycles. The van der Waals surface area contributed by atoms with E-state index in [9.17, 15) is 14.9 Å². The van der Waals surface area contributed by atoms with Crippen molar-refractivity contribution in [3.63, 3.8) is 0 Å². The number of carbonyl (C=O) groups excluding carboxylic acids is 1. The molecule has 1 heterocycles. The first-order chi connectivity index (χ1) is 14.5. The smallest absolute Gasteiger partial charge is 0.269 e. The van der Waals surface area contributed by atoms with Crippen molar-refractivity contribution in [3.05, 3.63) is 106 Å². The van der Waals surface area contributed by atoms with Crippen molar-refractivity contribution < 1.29 is 9.72 Å². The number of nitro benzene ring substituents is 1. The lowest BCUT2D eigenvalue weighted by atomic mass is 10.1. The molecular weight excluding hydrogens is 404 g/mol. The van der Waals surface area contributed by atoms with Gasteiger partial charge in [-0.15, -0.1) is 0 Å². The van der Waals surface area contributed by atoms with Gasteiger partial charge in [-0.05, 0) is 36.4 Å². The number of non-ortho nitro benzene ring substituents is 1. The Morgan fingerprint density at radius 2 is 1.63 bits per heavy atom. The number of hydrogen-bond donors (Lipinski definition) is 1. The number of nitro groups is 1. The van der Waals surface area contributed by atoms with Gasteiger partial charge in [0.1, 0.15) is 5.69 Å². The third-order valence-electron chi connectivity index (χ3n) is 4.45. The first kappa shape index (κ1) is 19.4. The first-order valence-electron chi connectivity index (χ1n) is 8.99. The van der Waals surface area contributed by atoms with Crippen molar-refractivity contribution in [2.45, 2.75) is 0 Å². The average Bonchev–Trinajstić information content (AvgIpc) is 3.22. The summed E-state index contributed by atoms with van der Waals surface area (Å²) >= 11 is 6.16. The minimum absolute atomic E-state index is 0.0386. The zero-order chi connectivity index (χ0) is 21.1. The molecule has 1 amide bonds. The third-order valence-corrected chi connectivity index (χ3v) is 4.78. The van der Waals surface area contributed by atoms with Gasteiger partial charge in [0.15, 0.2) is 0 Å². The Labute approximate surface area is 176 Å². The fourth-order valence-electron chi connectivity index (χ4n) is 2.96. The zero-order valence-corrected chi connectivity index (χ0v) is 16.3. The molecule has 0 atom stereocenters. The summed E-state index contributed by atoms with van der Waals surface area (Å²) in [5, 5.41) is 18.7. The minimum Gasteiger partial charge on any atom is -0.321 e. The SMILES string of the molecule is O=C(Nc1ccccc1Cl)c1cn(-c2ccccc2)nc1-c1ccc([N+](=O)[O-])cc1. The molecule has 8 heteroatoms. The fraction of sp³-hybridized carbons (Fsp3) is 0. The molecule has 7 nitrogen and oxygen atoms in total. The van der Waals surface area contributed by atoms with Gasteiger partial charge in [0.05, 0.1) is 26.9 Å². The number of amides is 1. The maximum absolute atomic E-state index is 13.0. The number of para-hydroxylation sites is 2. The van der Waals surface area contributed by atoms with E-state index in [0.717, 1.165) is 5.69 Å². The second-order valence-corrected chi connectivity index (χ2v) is 6.82. The van der Waals surface area contributed by atoms with Crippen LogP contribution in [-0.4, -0.2) is 20.6 Å². The number of benzene rings is 3. The van der Waals surface area contributed by atoms with Gasteiger partial charge < -0.3 is 5.32 Å². The Balaban J connectivity index is 1.77. The number of halogens is 1. The van der Waals surface area contributed by atoms with Crippen LogP contribution in [0.3, 0.4) is 0 Å². The Hall–Kier alpha value is -3.97. The van der Waals surface area contributed by atoms with Gasteiger partial charge in [0.2, 0.25) is 0 Å². The van der Waals surface area contributed by atoms with E-state index in [1.165, 1.54) is 12.1 Å². The molecule has 4 aromatic rings.